The van der Waals surface area contributed by atoms with Gasteiger partial charge in [-0.3, -0.25) is 19.2 Å². The molecule has 16 nitrogen and oxygen atoms in total. The number of carbonyl (C=O) groups is 6. The van der Waals surface area contributed by atoms with Crippen LogP contribution in [0.25, 0.3) is 0 Å². The van der Waals surface area contributed by atoms with Gasteiger partial charge in [0.25, 0.3) is 0 Å². The van der Waals surface area contributed by atoms with Crippen molar-refractivity contribution in [2.24, 2.45) is 0 Å². The molecule has 2 aromatic rings. The first-order chi connectivity index (χ1) is 18.8. The van der Waals surface area contributed by atoms with E-state index in [1.807, 2.05) is 0 Å². The van der Waals surface area contributed by atoms with Gasteiger partial charge in [-0.05, 0) is 24.3 Å². The number of carboxylic acid groups (broad SMARTS) is 6. The van der Waals surface area contributed by atoms with Gasteiger partial charge in [0.15, 0.2) is 13.2 Å². The predicted octanol–water partition coefficient (Wildman–Crippen LogP) is -0.510. The molecule has 0 atom stereocenters. The molecule has 0 bridgehead atoms. The van der Waals surface area contributed by atoms with Gasteiger partial charge >= 0.3 is 35.8 Å². The van der Waals surface area contributed by atoms with Crippen LogP contribution < -0.4 is 19.3 Å². The zero-order valence-electron chi connectivity index (χ0n) is 22.7. The van der Waals surface area contributed by atoms with Crippen molar-refractivity contribution in [3.63, 3.8) is 0 Å². The van der Waals surface area contributed by atoms with Crippen LogP contribution in [0.5, 0.6) is 11.5 Å². The second-order valence-electron chi connectivity index (χ2n) is 7.59. The Balaban J connectivity index is 0. The predicted molar refractivity (Wildman–Crippen MR) is 146 cm³/mol. The average molecular weight is 645 g/mol. The Morgan fingerprint density at radius 2 is 0.738 bits per heavy atom. The monoisotopic (exact) mass is 644 g/mol. The quantitative estimate of drug-likeness (QED) is 0.126. The number of carboxylic acids is 6. The summed E-state index contributed by atoms with van der Waals surface area (Å²) in [5.41, 5.74) is 0.414. The standard InChI is InChI=1S/2C12H13NO7.2K/c2*14-10(15)5-13(6-11(16)17)8-3-1-2-4-9(8)20-7-12(18)19;;/h2*1-4H,5-7H2,(H,14,15)(H,16,17)(H,18,19);;. The summed E-state index contributed by atoms with van der Waals surface area (Å²) < 4.78 is 10.0. The topological polar surface area (TPSA) is 249 Å². The third kappa shape index (κ3) is 17.6. The van der Waals surface area contributed by atoms with Crippen molar-refractivity contribution in [2.75, 3.05) is 49.2 Å². The Labute approximate surface area is 323 Å². The molecule has 0 spiro atoms. The molecule has 0 amide bonds. The summed E-state index contributed by atoms with van der Waals surface area (Å²) in [6.07, 6.45) is 0. The van der Waals surface area contributed by atoms with Gasteiger partial charge in [-0.1, -0.05) is 24.3 Å². The van der Waals surface area contributed by atoms with Gasteiger partial charge in [0.1, 0.15) is 37.7 Å². The van der Waals surface area contributed by atoms with E-state index in [4.69, 9.17) is 40.1 Å². The van der Waals surface area contributed by atoms with Gasteiger partial charge in [-0.2, -0.15) is 0 Å². The van der Waals surface area contributed by atoms with Gasteiger partial charge in [0.2, 0.25) is 0 Å². The molecule has 0 unspecified atom stereocenters. The average Bonchev–Trinajstić information content (AvgIpc) is 2.85. The molecule has 0 aliphatic carbocycles. The number of hydrogen-bond donors (Lipinski definition) is 6. The Kier molecular flexibility index (Phi) is 22.2. The third-order valence-electron chi connectivity index (χ3n) is 4.42. The molecule has 2 aromatic carbocycles. The van der Waals surface area contributed by atoms with E-state index < -0.39 is 75.2 Å². The summed E-state index contributed by atoms with van der Waals surface area (Å²) in [7, 11) is 0. The largest absolute Gasteiger partial charge is 0.480 e. The molecule has 0 heterocycles. The van der Waals surface area contributed by atoms with Crippen LogP contribution in [0.3, 0.4) is 0 Å². The molecule has 0 aliphatic rings. The van der Waals surface area contributed by atoms with Crippen LogP contribution in [0.15, 0.2) is 48.5 Å². The summed E-state index contributed by atoms with van der Waals surface area (Å²) in [6.45, 7) is -3.38. The first-order valence-corrected chi connectivity index (χ1v) is 11.0. The maximum Gasteiger partial charge on any atom is 0.341 e. The minimum Gasteiger partial charge on any atom is -0.480 e. The number of anilines is 2. The van der Waals surface area contributed by atoms with Crippen LogP contribution in [0, 0.1) is 0 Å². The summed E-state index contributed by atoms with van der Waals surface area (Å²) in [5.74, 6) is -7.00. The third-order valence-corrected chi connectivity index (χ3v) is 4.42. The summed E-state index contributed by atoms with van der Waals surface area (Å²) in [6, 6.07) is 12.1. The van der Waals surface area contributed by atoms with E-state index >= 15 is 0 Å². The number of benzene rings is 2. The van der Waals surface area contributed by atoms with Gasteiger partial charge in [-0.15, -0.1) is 0 Å². The van der Waals surface area contributed by atoms with Gasteiger partial charge in [-0.25, -0.2) is 9.59 Å². The summed E-state index contributed by atoms with van der Waals surface area (Å²) in [4.78, 5) is 66.2. The number of rotatable bonds is 16. The van der Waals surface area contributed by atoms with E-state index in [2.05, 4.69) is 0 Å². The molecule has 0 aromatic heterocycles. The van der Waals surface area contributed by atoms with Crippen LogP contribution in [-0.2, 0) is 28.8 Å². The SMILES string of the molecule is O=C(O)COc1ccccc1N(CC(=O)O)CC(=O)O.O=C(O)COc1ccccc1N(CC(=O)O)CC(=O)O.[K].[K]. The molecule has 2 radical (unpaired) electrons. The Hall–Kier alpha value is -2.27. The first kappa shape index (κ1) is 41.9. The normalized spacial score (nSPS) is 9.33. The molecule has 218 valence electrons. The Morgan fingerprint density at radius 1 is 0.476 bits per heavy atom. The molecule has 0 aliphatic heterocycles. The van der Waals surface area contributed by atoms with E-state index in [0.29, 0.717) is 0 Å². The van der Waals surface area contributed by atoms with Crippen LogP contribution in [-0.4, -0.2) is 209 Å². The van der Waals surface area contributed by atoms with Crippen molar-refractivity contribution in [1.82, 2.24) is 0 Å². The Morgan fingerprint density at radius 3 is 0.976 bits per heavy atom. The zero-order chi connectivity index (χ0) is 30.2. The van der Waals surface area contributed by atoms with Crippen LogP contribution in [0.1, 0.15) is 0 Å². The van der Waals surface area contributed by atoms with Gasteiger partial charge in [0.05, 0.1) is 11.4 Å². The van der Waals surface area contributed by atoms with E-state index in [1.165, 1.54) is 24.3 Å². The van der Waals surface area contributed by atoms with Gasteiger partial charge < -0.3 is 49.9 Å². The minimum absolute atomic E-state index is 0. The molecular weight excluding hydrogens is 618 g/mol. The Bertz CT molecular complexity index is 1100. The number of hydrogen-bond acceptors (Lipinski definition) is 10. The number of ether oxygens (including phenoxy) is 2. The number of para-hydroxylation sites is 4. The molecule has 0 saturated heterocycles. The number of aliphatic carboxylic acids is 6. The maximum absolute atomic E-state index is 10.8. The molecule has 2 rings (SSSR count). The summed E-state index contributed by atoms with van der Waals surface area (Å²) >= 11 is 0. The summed E-state index contributed by atoms with van der Waals surface area (Å²) in [5, 5.41) is 52.3. The van der Waals surface area contributed by atoms with Crippen molar-refractivity contribution in [2.45, 2.75) is 0 Å². The smallest absolute Gasteiger partial charge is 0.341 e. The second kappa shape index (κ2) is 22.3. The van der Waals surface area contributed by atoms with E-state index in [-0.39, 0.29) is 126 Å². The van der Waals surface area contributed by atoms with Crippen molar-refractivity contribution in [3.05, 3.63) is 48.5 Å². The van der Waals surface area contributed by atoms with E-state index in [9.17, 15) is 28.8 Å². The zero-order valence-corrected chi connectivity index (χ0v) is 29.0. The van der Waals surface area contributed by atoms with Crippen molar-refractivity contribution < 1.29 is 68.9 Å². The van der Waals surface area contributed by atoms with Gasteiger partial charge in [0, 0.05) is 103 Å². The first-order valence-electron chi connectivity index (χ1n) is 11.0. The molecule has 42 heavy (non-hydrogen) atoms. The fourth-order valence-electron chi connectivity index (χ4n) is 3.07. The molecule has 18 heteroatoms. The van der Waals surface area contributed by atoms with Crippen LogP contribution in [0.2, 0.25) is 0 Å². The molecular formula is C24H26K2N2O14. The second-order valence-corrected chi connectivity index (χ2v) is 7.59. The van der Waals surface area contributed by atoms with Crippen molar-refractivity contribution in [3.8, 4) is 11.5 Å². The molecule has 0 saturated carbocycles. The molecule has 0 fully saturated rings. The van der Waals surface area contributed by atoms with Crippen molar-refractivity contribution >= 4 is 150 Å². The van der Waals surface area contributed by atoms with Crippen LogP contribution >= 0.6 is 0 Å². The van der Waals surface area contributed by atoms with E-state index in [0.717, 1.165) is 9.80 Å². The maximum atomic E-state index is 10.8. The van der Waals surface area contributed by atoms with Crippen LogP contribution in [0.4, 0.5) is 11.4 Å². The fourth-order valence-corrected chi connectivity index (χ4v) is 3.07. The minimum atomic E-state index is -1.21. The molecule has 6 N–H and O–H groups in total. The van der Waals surface area contributed by atoms with Crippen molar-refractivity contribution in [1.29, 1.82) is 0 Å². The number of nitrogens with zero attached hydrogens (tertiary/aromatic N) is 2. The fraction of sp³-hybridized carbons (Fsp3) is 0.250. The van der Waals surface area contributed by atoms with E-state index in [1.54, 1.807) is 24.3 Å².